The number of aromatic nitrogens is 1. The lowest BCUT2D eigenvalue weighted by Gasteiger charge is -2.13. The van der Waals surface area contributed by atoms with Gasteiger partial charge in [-0.2, -0.15) is 0 Å². The van der Waals surface area contributed by atoms with E-state index in [0.717, 1.165) is 16.5 Å². The number of esters is 1. The van der Waals surface area contributed by atoms with Crippen LogP contribution >= 0.6 is 23.5 Å². The molecule has 1 aliphatic heterocycles. The summed E-state index contributed by atoms with van der Waals surface area (Å²) in [7, 11) is 1.61. The van der Waals surface area contributed by atoms with Crippen LogP contribution in [0.1, 0.15) is 22.1 Å². The van der Waals surface area contributed by atoms with E-state index >= 15 is 0 Å². The maximum Gasteiger partial charge on any atom is 0.311 e. The van der Waals surface area contributed by atoms with Crippen LogP contribution in [0, 0.1) is 0 Å². The van der Waals surface area contributed by atoms with Crippen LogP contribution in [0.3, 0.4) is 0 Å². The number of nitrogens with one attached hydrogen (secondary N) is 1. The molecule has 0 atom stereocenters. The molecule has 1 aromatic heterocycles. The Bertz CT molecular complexity index is 948. The molecule has 1 N–H and O–H groups in total. The summed E-state index contributed by atoms with van der Waals surface area (Å²) in [6.07, 6.45) is 2.92. The zero-order chi connectivity index (χ0) is 18.6. The first kappa shape index (κ1) is 18.3. The van der Waals surface area contributed by atoms with Gasteiger partial charge in [0.15, 0.2) is 11.5 Å². The third-order valence-electron chi connectivity index (χ3n) is 4.58. The van der Waals surface area contributed by atoms with Crippen molar-refractivity contribution in [2.24, 2.45) is 0 Å². The summed E-state index contributed by atoms with van der Waals surface area (Å²) >= 11 is 3.88. The zero-order valence-electron chi connectivity index (χ0n) is 15.1. The Morgan fingerprint density at radius 3 is 2.78 bits per heavy atom. The Morgan fingerprint density at radius 2 is 1.96 bits per heavy atom. The highest BCUT2D eigenvalue weighted by molar-refractivity contribution is 8.19. The van der Waals surface area contributed by atoms with Crippen molar-refractivity contribution < 1.29 is 14.3 Å². The maximum absolute atomic E-state index is 12.4. The Hall–Kier alpha value is -2.05. The third kappa shape index (κ3) is 4.12. The summed E-state index contributed by atoms with van der Waals surface area (Å²) in [4.78, 5) is 15.6. The molecule has 1 saturated heterocycles. The largest absolute Gasteiger partial charge is 0.493 e. The molecule has 27 heavy (non-hydrogen) atoms. The average molecular weight is 400 g/mol. The molecule has 2 heterocycles. The summed E-state index contributed by atoms with van der Waals surface area (Å²) in [6.45, 7) is 0. The first-order valence-electron chi connectivity index (χ1n) is 8.91. The van der Waals surface area contributed by atoms with E-state index in [2.05, 4.69) is 11.1 Å². The van der Waals surface area contributed by atoms with Crippen LogP contribution in [0.4, 0.5) is 0 Å². The second-order valence-corrected chi connectivity index (χ2v) is 9.04. The minimum Gasteiger partial charge on any atom is -0.493 e. The number of rotatable bonds is 6. The van der Waals surface area contributed by atoms with Crippen molar-refractivity contribution in [1.29, 1.82) is 0 Å². The molecule has 0 bridgehead atoms. The highest BCUT2D eigenvalue weighted by Gasteiger charge is 2.20. The molecule has 6 heteroatoms. The van der Waals surface area contributed by atoms with Gasteiger partial charge in [-0.1, -0.05) is 24.3 Å². The van der Waals surface area contributed by atoms with Gasteiger partial charge in [0.25, 0.3) is 0 Å². The van der Waals surface area contributed by atoms with Gasteiger partial charge in [-0.05, 0) is 35.7 Å². The summed E-state index contributed by atoms with van der Waals surface area (Å²) in [5.74, 6) is 3.18. The fourth-order valence-electron chi connectivity index (χ4n) is 3.21. The van der Waals surface area contributed by atoms with Crippen LogP contribution in [-0.4, -0.2) is 29.6 Å². The SMILES string of the molecule is COc1cc(C2SCCS2)ccc1OC(=O)CCc1c[nH]c2ccccc12. The molecule has 0 amide bonds. The Balaban J connectivity index is 1.41. The number of fused-ring (bicyclic) bond motifs is 1. The van der Waals surface area contributed by atoms with Gasteiger partial charge in [0.05, 0.1) is 18.1 Å². The monoisotopic (exact) mass is 399 g/mol. The minimum absolute atomic E-state index is 0.254. The Morgan fingerprint density at radius 1 is 1.15 bits per heavy atom. The Labute approximate surface area is 167 Å². The predicted molar refractivity (Wildman–Crippen MR) is 113 cm³/mol. The van der Waals surface area contributed by atoms with Crippen LogP contribution in [0.2, 0.25) is 0 Å². The van der Waals surface area contributed by atoms with Crippen LogP contribution < -0.4 is 9.47 Å². The number of aromatic amines is 1. The molecule has 1 fully saturated rings. The summed E-state index contributed by atoms with van der Waals surface area (Å²) in [5, 5.41) is 1.15. The zero-order valence-corrected chi connectivity index (χ0v) is 16.7. The van der Waals surface area contributed by atoms with Crippen molar-refractivity contribution in [2.45, 2.75) is 17.4 Å². The molecule has 4 nitrogen and oxygen atoms in total. The summed E-state index contributed by atoms with van der Waals surface area (Å²) < 4.78 is 11.5. The quantitative estimate of drug-likeness (QED) is 0.456. The molecule has 0 aliphatic carbocycles. The minimum atomic E-state index is -0.254. The number of methoxy groups -OCH3 is 1. The number of para-hydroxylation sites is 1. The fourth-order valence-corrected chi connectivity index (χ4v) is 6.05. The van der Waals surface area contributed by atoms with Gasteiger partial charge in [-0.3, -0.25) is 4.79 Å². The molecule has 0 spiro atoms. The van der Waals surface area contributed by atoms with Gasteiger partial charge in [-0.15, -0.1) is 23.5 Å². The van der Waals surface area contributed by atoms with E-state index < -0.39 is 0 Å². The highest BCUT2D eigenvalue weighted by Crippen LogP contribution is 2.46. The second kappa shape index (κ2) is 8.31. The number of benzene rings is 2. The van der Waals surface area contributed by atoms with E-state index in [4.69, 9.17) is 9.47 Å². The number of aryl methyl sites for hydroxylation is 1. The smallest absolute Gasteiger partial charge is 0.311 e. The lowest BCUT2D eigenvalue weighted by atomic mass is 10.1. The van der Waals surface area contributed by atoms with E-state index in [1.54, 1.807) is 7.11 Å². The van der Waals surface area contributed by atoms with Gasteiger partial charge in [0.2, 0.25) is 0 Å². The van der Waals surface area contributed by atoms with E-state index in [1.807, 2.05) is 66.1 Å². The van der Waals surface area contributed by atoms with Crippen molar-refractivity contribution in [2.75, 3.05) is 18.6 Å². The van der Waals surface area contributed by atoms with Crippen molar-refractivity contribution >= 4 is 40.4 Å². The predicted octanol–water partition coefficient (Wildman–Crippen LogP) is 5.19. The number of H-pyrrole nitrogens is 1. The topological polar surface area (TPSA) is 51.3 Å². The summed E-state index contributed by atoms with van der Waals surface area (Å²) in [5.41, 5.74) is 3.42. The second-order valence-electron chi connectivity index (χ2n) is 6.32. The molecule has 0 unspecified atom stereocenters. The maximum atomic E-state index is 12.4. The number of carbonyl (C=O) groups excluding carboxylic acids is 1. The number of hydrogen-bond donors (Lipinski definition) is 1. The lowest BCUT2D eigenvalue weighted by molar-refractivity contribution is -0.134. The van der Waals surface area contributed by atoms with Crippen LogP contribution in [0.5, 0.6) is 11.5 Å². The van der Waals surface area contributed by atoms with Crippen molar-refractivity contribution in [3.63, 3.8) is 0 Å². The third-order valence-corrected chi connectivity index (χ3v) is 7.68. The van der Waals surface area contributed by atoms with Crippen LogP contribution in [0.15, 0.2) is 48.7 Å². The number of ether oxygens (including phenoxy) is 2. The first-order valence-corrected chi connectivity index (χ1v) is 11.0. The van der Waals surface area contributed by atoms with Gasteiger partial charge < -0.3 is 14.5 Å². The normalized spacial score (nSPS) is 14.6. The fraction of sp³-hybridized carbons (Fsp3) is 0.286. The van der Waals surface area contributed by atoms with Crippen molar-refractivity contribution in [3.8, 4) is 11.5 Å². The molecule has 1 aliphatic rings. The van der Waals surface area contributed by atoms with E-state index in [1.165, 1.54) is 17.1 Å². The molecule has 0 saturated carbocycles. The molecule has 3 aromatic rings. The molecular formula is C21H21NO3S2. The first-order chi connectivity index (χ1) is 13.2. The average Bonchev–Trinajstić information content (AvgIpc) is 3.37. The molecule has 140 valence electrons. The standard InChI is InChI=1S/C21H21NO3S2/c1-24-19-12-14(21-26-10-11-27-21)6-8-18(19)25-20(23)9-7-15-13-22-17-5-3-2-4-16(15)17/h2-6,8,12-13,21-22H,7,9-11H2,1H3. The number of hydrogen-bond acceptors (Lipinski definition) is 5. The lowest BCUT2D eigenvalue weighted by Crippen LogP contribution is -2.10. The summed E-state index contributed by atoms with van der Waals surface area (Å²) in [6, 6.07) is 14.0. The van der Waals surface area contributed by atoms with Gasteiger partial charge in [0, 0.05) is 28.6 Å². The van der Waals surface area contributed by atoms with E-state index in [-0.39, 0.29) is 5.97 Å². The van der Waals surface area contributed by atoms with E-state index in [9.17, 15) is 4.79 Å². The number of carbonyl (C=O) groups is 1. The molecule has 4 rings (SSSR count). The van der Waals surface area contributed by atoms with Crippen LogP contribution in [0.25, 0.3) is 10.9 Å². The molecular weight excluding hydrogens is 378 g/mol. The highest BCUT2D eigenvalue weighted by atomic mass is 32.2. The van der Waals surface area contributed by atoms with Crippen molar-refractivity contribution in [1.82, 2.24) is 4.98 Å². The van der Waals surface area contributed by atoms with Gasteiger partial charge in [0.1, 0.15) is 0 Å². The van der Waals surface area contributed by atoms with Gasteiger partial charge in [-0.25, -0.2) is 0 Å². The van der Waals surface area contributed by atoms with E-state index in [0.29, 0.717) is 28.9 Å². The van der Waals surface area contributed by atoms with Crippen LogP contribution in [-0.2, 0) is 11.2 Å². The molecule has 0 radical (unpaired) electrons. The number of thioether (sulfide) groups is 2. The van der Waals surface area contributed by atoms with Crippen molar-refractivity contribution in [3.05, 3.63) is 59.8 Å². The molecule has 2 aromatic carbocycles. The van der Waals surface area contributed by atoms with Gasteiger partial charge >= 0.3 is 5.97 Å². The Kier molecular flexibility index (Phi) is 5.64.